The van der Waals surface area contributed by atoms with Gasteiger partial charge in [0.05, 0.1) is 6.54 Å². The van der Waals surface area contributed by atoms with Crippen molar-refractivity contribution in [2.45, 2.75) is 13.1 Å². The summed E-state index contributed by atoms with van der Waals surface area (Å²) in [6.07, 6.45) is 3.42. The molecule has 2 amide bonds. The number of nitrogens with zero attached hydrogens (tertiary/aromatic N) is 2. The number of carbonyl (C=O) groups excluding carboxylic acids is 1. The molecule has 29 heavy (non-hydrogen) atoms. The van der Waals surface area contributed by atoms with E-state index in [1.807, 2.05) is 29.0 Å². The Morgan fingerprint density at radius 1 is 1.07 bits per heavy atom. The molecule has 0 fully saturated rings. The van der Waals surface area contributed by atoms with Crippen molar-refractivity contribution in [3.8, 4) is 0 Å². The van der Waals surface area contributed by atoms with E-state index in [2.05, 4.69) is 11.9 Å². The summed E-state index contributed by atoms with van der Waals surface area (Å²) in [5.74, 6) is -2.33. The van der Waals surface area contributed by atoms with Crippen LogP contribution in [0.1, 0.15) is 11.3 Å². The molecule has 4 nitrogen and oxygen atoms in total. The van der Waals surface area contributed by atoms with Gasteiger partial charge in [-0.25, -0.2) is 18.0 Å². The molecule has 0 unspecified atom stereocenters. The second-order valence-corrected chi connectivity index (χ2v) is 6.49. The van der Waals surface area contributed by atoms with Crippen LogP contribution in [-0.2, 0) is 13.1 Å². The third-order valence-corrected chi connectivity index (χ3v) is 4.33. The maximum absolute atomic E-state index is 13.4. The minimum Gasteiger partial charge on any atom is -0.345 e. The van der Waals surface area contributed by atoms with Crippen LogP contribution < -0.4 is 5.32 Å². The van der Waals surface area contributed by atoms with Gasteiger partial charge in [-0.1, -0.05) is 18.2 Å². The summed E-state index contributed by atoms with van der Waals surface area (Å²) < 4.78 is 41.8. The van der Waals surface area contributed by atoms with E-state index in [0.717, 1.165) is 23.4 Å². The van der Waals surface area contributed by atoms with Crippen molar-refractivity contribution in [1.29, 1.82) is 0 Å². The van der Waals surface area contributed by atoms with Gasteiger partial charge in [0.25, 0.3) is 0 Å². The van der Waals surface area contributed by atoms with Crippen molar-refractivity contribution < 1.29 is 18.0 Å². The summed E-state index contributed by atoms with van der Waals surface area (Å²) in [6.45, 7) is 4.62. The number of rotatable bonds is 7. The van der Waals surface area contributed by atoms with Crippen LogP contribution in [0.25, 0.3) is 0 Å². The number of benzene rings is 2. The van der Waals surface area contributed by atoms with Crippen LogP contribution in [0.2, 0.25) is 0 Å². The summed E-state index contributed by atoms with van der Waals surface area (Å²) in [4.78, 5) is 14.1. The molecule has 0 aliphatic rings. The molecule has 1 heterocycles. The first-order valence-corrected chi connectivity index (χ1v) is 8.96. The van der Waals surface area contributed by atoms with Crippen LogP contribution in [0.5, 0.6) is 0 Å². The summed E-state index contributed by atoms with van der Waals surface area (Å²) in [6, 6.07) is 12.7. The van der Waals surface area contributed by atoms with Gasteiger partial charge >= 0.3 is 6.03 Å². The van der Waals surface area contributed by atoms with E-state index in [0.29, 0.717) is 6.54 Å². The van der Waals surface area contributed by atoms with E-state index in [1.54, 1.807) is 12.1 Å². The molecule has 0 radical (unpaired) electrons. The first-order chi connectivity index (χ1) is 14.0. The molecule has 150 valence electrons. The van der Waals surface area contributed by atoms with Gasteiger partial charge < -0.3 is 14.8 Å². The molecule has 2 aromatic carbocycles. The zero-order valence-corrected chi connectivity index (χ0v) is 15.6. The molecule has 0 spiro atoms. The van der Waals surface area contributed by atoms with E-state index >= 15 is 0 Å². The standard InChI is InChI=1S/C22H20F3N3O/c1-2-10-28(22(29)26-18-8-9-20(24)21(25)13-18)15-19-7-4-11-27(19)14-16-5-3-6-17(23)12-16/h2-9,11-13H,1,10,14-15H2,(H,26,29). The Labute approximate surface area is 166 Å². The van der Waals surface area contributed by atoms with Gasteiger partial charge in [0, 0.05) is 36.7 Å². The normalized spacial score (nSPS) is 10.6. The molecular formula is C22H20F3N3O. The van der Waals surface area contributed by atoms with Crippen molar-refractivity contribution in [3.05, 3.63) is 102 Å². The largest absolute Gasteiger partial charge is 0.345 e. The van der Waals surface area contributed by atoms with Crippen molar-refractivity contribution in [2.24, 2.45) is 0 Å². The quantitative estimate of drug-likeness (QED) is 0.547. The fourth-order valence-electron chi connectivity index (χ4n) is 2.93. The second-order valence-electron chi connectivity index (χ2n) is 6.49. The molecular weight excluding hydrogens is 379 g/mol. The number of urea groups is 1. The maximum Gasteiger partial charge on any atom is 0.322 e. The lowest BCUT2D eigenvalue weighted by molar-refractivity contribution is 0.214. The minimum atomic E-state index is -1.04. The van der Waals surface area contributed by atoms with Crippen LogP contribution in [0.4, 0.5) is 23.7 Å². The van der Waals surface area contributed by atoms with E-state index in [-0.39, 0.29) is 24.6 Å². The molecule has 0 saturated heterocycles. The number of hydrogen-bond donors (Lipinski definition) is 1. The smallest absolute Gasteiger partial charge is 0.322 e. The molecule has 1 aromatic heterocycles. The number of carbonyl (C=O) groups is 1. The molecule has 7 heteroatoms. The first kappa shape index (κ1) is 20.3. The van der Waals surface area contributed by atoms with Crippen molar-refractivity contribution in [2.75, 3.05) is 11.9 Å². The Morgan fingerprint density at radius 2 is 1.90 bits per heavy atom. The van der Waals surface area contributed by atoms with Crippen molar-refractivity contribution in [1.82, 2.24) is 9.47 Å². The summed E-state index contributed by atoms with van der Waals surface area (Å²) >= 11 is 0. The summed E-state index contributed by atoms with van der Waals surface area (Å²) in [5.41, 5.74) is 1.78. The first-order valence-electron chi connectivity index (χ1n) is 8.96. The van der Waals surface area contributed by atoms with E-state index in [1.165, 1.54) is 23.1 Å². The van der Waals surface area contributed by atoms with Crippen LogP contribution in [0, 0.1) is 17.5 Å². The number of aromatic nitrogens is 1. The third kappa shape index (κ3) is 5.28. The van der Waals surface area contributed by atoms with Crippen LogP contribution in [-0.4, -0.2) is 22.0 Å². The maximum atomic E-state index is 13.4. The lowest BCUT2D eigenvalue weighted by Gasteiger charge is -2.23. The Morgan fingerprint density at radius 3 is 2.62 bits per heavy atom. The highest BCUT2D eigenvalue weighted by atomic mass is 19.2. The topological polar surface area (TPSA) is 37.3 Å². The zero-order valence-electron chi connectivity index (χ0n) is 15.6. The fraction of sp³-hybridized carbons (Fsp3) is 0.136. The Kier molecular flexibility index (Phi) is 6.39. The number of anilines is 1. The van der Waals surface area contributed by atoms with E-state index in [4.69, 9.17) is 0 Å². The number of hydrogen-bond acceptors (Lipinski definition) is 1. The molecule has 0 saturated carbocycles. The van der Waals surface area contributed by atoms with E-state index < -0.39 is 17.7 Å². The highest BCUT2D eigenvalue weighted by Gasteiger charge is 2.16. The predicted octanol–water partition coefficient (Wildman–Crippen LogP) is 5.17. The third-order valence-electron chi connectivity index (χ3n) is 4.33. The average molecular weight is 399 g/mol. The zero-order chi connectivity index (χ0) is 20.8. The highest BCUT2D eigenvalue weighted by molar-refractivity contribution is 5.89. The minimum absolute atomic E-state index is 0.151. The fourth-order valence-corrected chi connectivity index (χ4v) is 2.93. The van der Waals surface area contributed by atoms with Gasteiger partial charge in [0.2, 0.25) is 0 Å². The molecule has 1 N–H and O–H groups in total. The van der Waals surface area contributed by atoms with Crippen LogP contribution in [0.3, 0.4) is 0 Å². The summed E-state index contributed by atoms with van der Waals surface area (Å²) in [5, 5.41) is 2.56. The number of nitrogens with one attached hydrogen (secondary N) is 1. The number of halogens is 3. The number of amides is 2. The molecule has 0 atom stereocenters. The second kappa shape index (κ2) is 9.14. The monoisotopic (exact) mass is 399 g/mol. The predicted molar refractivity (Wildman–Crippen MR) is 106 cm³/mol. The average Bonchev–Trinajstić information content (AvgIpc) is 3.11. The molecule has 3 rings (SSSR count). The van der Waals surface area contributed by atoms with Gasteiger partial charge in [0.1, 0.15) is 5.82 Å². The highest BCUT2D eigenvalue weighted by Crippen LogP contribution is 2.16. The van der Waals surface area contributed by atoms with Crippen LogP contribution in [0.15, 0.2) is 73.4 Å². The van der Waals surface area contributed by atoms with Crippen molar-refractivity contribution >= 4 is 11.7 Å². The van der Waals surface area contributed by atoms with Gasteiger partial charge in [-0.2, -0.15) is 0 Å². The van der Waals surface area contributed by atoms with Gasteiger partial charge in [-0.05, 0) is 42.0 Å². The van der Waals surface area contributed by atoms with E-state index in [9.17, 15) is 18.0 Å². The van der Waals surface area contributed by atoms with Gasteiger partial charge in [-0.3, -0.25) is 0 Å². The Bertz CT molecular complexity index is 1020. The molecule has 3 aromatic rings. The SMILES string of the molecule is C=CCN(Cc1cccn1Cc1cccc(F)c1)C(=O)Nc1ccc(F)c(F)c1. The van der Waals surface area contributed by atoms with Crippen molar-refractivity contribution in [3.63, 3.8) is 0 Å². The molecule has 0 aliphatic heterocycles. The van der Waals surface area contributed by atoms with Gasteiger partial charge in [-0.15, -0.1) is 6.58 Å². The van der Waals surface area contributed by atoms with Crippen LogP contribution >= 0.6 is 0 Å². The lowest BCUT2D eigenvalue weighted by Crippen LogP contribution is -2.35. The van der Waals surface area contributed by atoms with Gasteiger partial charge in [0.15, 0.2) is 11.6 Å². The lowest BCUT2D eigenvalue weighted by atomic mass is 10.2. The Hall–Kier alpha value is -3.48. The Balaban J connectivity index is 1.73. The molecule has 0 aliphatic carbocycles. The molecule has 0 bridgehead atoms. The summed E-state index contributed by atoms with van der Waals surface area (Å²) in [7, 11) is 0.